The van der Waals surface area contributed by atoms with Gasteiger partial charge in [0, 0.05) is 17.1 Å². The number of thioether (sulfide) groups is 2. The number of hydrogen-bond donors (Lipinski definition) is 1. The largest absolute Gasteiger partial charge is 0.318 e. The lowest BCUT2D eigenvalue weighted by Crippen LogP contribution is -2.35. The van der Waals surface area contributed by atoms with Crippen LogP contribution in [0.1, 0.15) is 48.7 Å². The number of amides is 1. The molecule has 0 saturated heterocycles. The molecule has 1 aromatic heterocycles. The number of hydrazone groups is 1. The number of benzene rings is 1. The first-order valence-corrected chi connectivity index (χ1v) is 12.2. The van der Waals surface area contributed by atoms with Crippen molar-refractivity contribution >= 4 is 50.9 Å². The number of carbonyl (C=O) groups is 1. The third-order valence-electron chi connectivity index (χ3n) is 5.71. The highest BCUT2D eigenvalue weighted by Crippen LogP contribution is 2.32. The zero-order valence-corrected chi connectivity index (χ0v) is 19.9. The van der Waals surface area contributed by atoms with Crippen molar-refractivity contribution in [1.82, 2.24) is 9.58 Å². The number of carbonyl (C=O) groups excluding carboxylic acids is 1. The van der Waals surface area contributed by atoms with E-state index in [9.17, 15) is 4.79 Å². The van der Waals surface area contributed by atoms with E-state index in [4.69, 9.17) is 5.41 Å². The maximum atomic E-state index is 12.6. The summed E-state index contributed by atoms with van der Waals surface area (Å²) < 4.78 is 2.95. The number of aliphatic imine (C=N–C) groups is 1. The van der Waals surface area contributed by atoms with E-state index in [1.54, 1.807) is 6.08 Å². The summed E-state index contributed by atoms with van der Waals surface area (Å²) in [4.78, 5) is 16.8. The van der Waals surface area contributed by atoms with Gasteiger partial charge in [0.2, 0.25) is 5.17 Å². The highest BCUT2D eigenvalue weighted by Gasteiger charge is 2.35. The van der Waals surface area contributed by atoms with E-state index >= 15 is 0 Å². The number of fused-ring (bicyclic) bond motifs is 1. The third kappa shape index (κ3) is 3.90. The van der Waals surface area contributed by atoms with Crippen molar-refractivity contribution in [2.45, 2.75) is 40.0 Å². The first-order valence-electron chi connectivity index (χ1n) is 10.2. The predicted molar refractivity (Wildman–Crippen MR) is 132 cm³/mol. The van der Waals surface area contributed by atoms with Crippen molar-refractivity contribution in [1.29, 1.82) is 5.41 Å². The van der Waals surface area contributed by atoms with Crippen molar-refractivity contribution in [3.8, 4) is 5.69 Å². The fourth-order valence-electron chi connectivity index (χ4n) is 3.73. The van der Waals surface area contributed by atoms with Gasteiger partial charge in [0.05, 0.1) is 5.57 Å². The van der Waals surface area contributed by atoms with E-state index in [0.29, 0.717) is 11.1 Å². The van der Waals surface area contributed by atoms with E-state index in [0.717, 1.165) is 33.4 Å². The number of nitrogens with one attached hydrogen (secondary N) is 1. The minimum Gasteiger partial charge on any atom is -0.318 e. The fourth-order valence-corrected chi connectivity index (χ4v) is 5.08. The second-order valence-corrected chi connectivity index (χ2v) is 9.66. The smallest absolute Gasteiger partial charge is 0.283 e. The van der Waals surface area contributed by atoms with Gasteiger partial charge in [-0.2, -0.15) is 10.0 Å². The van der Waals surface area contributed by atoms with E-state index in [2.05, 4.69) is 52.8 Å². The molecule has 2 aliphatic heterocycles. The Balaban J connectivity index is 1.69. The molecule has 1 N–H and O–H groups in total. The van der Waals surface area contributed by atoms with Crippen LogP contribution in [-0.2, 0) is 4.79 Å². The summed E-state index contributed by atoms with van der Waals surface area (Å²) in [7, 11) is 0. The average molecular weight is 452 g/mol. The van der Waals surface area contributed by atoms with Gasteiger partial charge in [-0.3, -0.25) is 10.2 Å². The molecule has 0 radical (unpaired) electrons. The van der Waals surface area contributed by atoms with Gasteiger partial charge in [0.15, 0.2) is 10.2 Å². The number of rotatable bonds is 4. The molecule has 160 valence electrons. The molecule has 1 atom stereocenters. The van der Waals surface area contributed by atoms with E-state index < -0.39 is 5.91 Å². The Morgan fingerprint density at radius 3 is 2.61 bits per heavy atom. The van der Waals surface area contributed by atoms with Crippen molar-refractivity contribution < 1.29 is 4.79 Å². The SMILES string of the molecule is CCC(C)c1ccc(-n2c(C)cc(/C=C3/C(=N)N4N=C(SC)SC4=NC3=O)c2C)cc1. The Kier molecular flexibility index (Phi) is 5.94. The van der Waals surface area contributed by atoms with Crippen molar-refractivity contribution in [3.05, 3.63) is 58.4 Å². The Morgan fingerprint density at radius 2 is 1.97 bits per heavy atom. The van der Waals surface area contributed by atoms with Crippen LogP contribution in [0.4, 0.5) is 0 Å². The van der Waals surface area contributed by atoms with Crippen LogP contribution in [0, 0.1) is 19.3 Å². The van der Waals surface area contributed by atoms with Gasteiger partial charge < -0.3 is 4.57 Å². The third-order valence-corrected chi connectivity index (χ3v) is 7.60. The standard InChI is InChI=1S/C23H25N5OS2/c1-6-13(2)16-7-9-18(10-8-16)27-14(3)11-17(15(27)4)12-19-20(24)28-22(25-21(19)29)31-23(26-28)30-5/h7-13,24H,6H2,1-5H3/b19-12-,24-20?. The second kappa shape index (κ2) is 8.51. The molecule has 0 bridgehead atoms. The summed E-state index contributed by atoms with van der Waals surface area (Å²) in [5, 5.41) is 14.8. The Labute approximate surface area is 191 Å². The summed E-state index contributed by atoms with van der Waals surface area (Å²) in [6.07, 6.45) is 4.78. The van der Waals surface area contributed by atoms with Crippen molar-refractivity contribution in [2.75, 3.05) is 6.26 Å². The van der Waals surface area contributed by atoms with Crippen molar-refractivity contribution in [2.24, 2.45) is 10.1 Å². The molecule has 3 heterocycles. The maximum absolute atomic E-state index is 12.6. The average Bonchev–Trinajstić information content (AvgIpc) is 3.30. The summed E-state index contributed by atoms with van der Waals surface area (Å²) in [6.45, 7) is 8.52. The van der Waals surface area contributed by atoms with Crippen LogP contribution >= 0.6 is 23.5 Å². The van der Waals surface area contributed by atoms with Gasteiger partial charge in [0.25, 0.3) is 5.91 Å². The van der Waals surface area contributed by atoms with Crippen LogP contribution < -0.4 is 0 Å². The molecule has 1 unspecified atom stereocenters. The molecular weight excluding hydrogens is 426 g/mol. The summed E-state index contributed by atoms with van der Waals surface area (Å²) in [5.74, 6) is 0.200. The molecule has 0 spiro atoms. The van der Waals surface area contributed by atoms with E-state index in [1.807, 2.05) is 26.2 Å². The number of aryl methyl sites for hydroxylation is 1. The lowest BCUT2D eigenvalue weighted by atomic mass is 9.98. The van der Waals surface area contributed by atoms with Crippen LogP contribution in [0.15, 0.2) is 46.0 Å². The monoisotopic (exact) mass is 451 g/mol. The first-order chi connectivity index (χ1) is 14.8. The highest BCUT2D eigenvalue weighted by atomic mass is 32.2. The molecule has 1 amide bonds. The normalized spacial score (nSPS) is 18.4. The van der Waals surface area contributed by atoms with Crippen LogP contribution in [0.3, 0.4) is 0 Å². The molecule has 8 heteroatoms. The zero-order valence-electron chi connectivity index (χ0n) is 18.3. The molecule has 2 aliphatic rings. The molecule has 1 aromatic carbocycles. The van der Waals surface area contributed by atoms with E-state index in [1.165, 1.54) is 34.1 Å². The number of aromatic nitrogens is 1. The summed E-state index contributed by atoms with van der Waals surface area (Å²) in [5.41, 5.74) is 5.65. The molecule has 4 rings (SSSR count). The molecule has 0 saturated carbocycles. The Bertz CT molecular complexity index is 1160. The van der Waals surface area contributed by atoms with Gasteiger partial charge in [-0.1, -0.05) is 26.0 Å². The molecule has 31 heavy (non-hydrogen) atoms. The number of hydrogen-bond acceptors (Lipinski definition) is 5. The highest BCUT2D eigenvalue weighted by molar-refractivity contribution is 8.45. The molecule has 0 fully saturated rings. The topological polar surface area (TPSA) is 73.8 Å². The predicted octanol–water partition coefficient (Wildman–Crippen LogP) is 5.55. The van der Waals surface area contributed by atoms with Crippen molar-refractivity contribution in [3.63, 3.8) is 0 Å². The van der Waals surface area contributed by atoms with Crippen LogP contribution in [0.25, 0.3) is 11.8 Å². The zero-order chi connectivity index (χ0) is 22.3. The molecule has 2 aromatic rings. The van der Waals surface area contributed by atoms with Gasteiger partial charge in [0.1, 0.15) is 0 Å². The first kappa shape index (κ1) is 21.6. The lowest BCUT2D eigenvalue weighted by molar-refractivity contribution is -0.114. The number of nitrogens with zero attached hydrogens (tertiary/aromatic N) is 4. The summed E-state index contributed by atoms with van der Waals surface area (Å²) >= 11 is 2.79. The van der Waals surface area contributed by atoms with Gasteiger partial charge in [-0.15, -0.1) is 16.9 Å². The summed E-state index contributed by atoms with van der Waals surface area (Å²) in [6, 6.07) is 10.7. The molecule has 6 nitrogen and oxygen atoms in total. The van der Waals surface area contributed by atoms with Crippen LogP contribution in [0.2, 0.25) is 0 Å². The second-order valence-electron chi connectivity index (χ2n) is 7.65. The minimum atomic E-state index is -0.399. The minimum absolute atomic E-state index is 0.0641. The Morgan fingerprint density at radius 1 is 1.26 bits per heavy atom. The van der Waals surface area contributed by atoms with Gasteiger partial charge in [-0.05, 0) is 79.6 Å². The quantitative estimate of drug-likeness (QED) is 0.619. The maximum Gasteiger partial charge on any atom is 0.283 e. The Hall–Kier alpha value is -2.58. The molecule has 0 aliphatic carbocycles. The van der Waals surface area contributed by atoms with E-state index in [-0.39, 0.29) is 11.4 Å². The fraction of sp³-hybridized carbons (Fsp3) is 0.304. The molecular formula is C23H25N5OS2. The van der Waals surface area contributed by atoms with Crippen LogP contribution in [0.5, 0.6) is 0 Å². The number of amidine groups is 2. The van der Waals surface area contributed by atoms with Gasteiger partial charge >= 0.3 is 0 Å². The van der Waals surface area contributed by atoms with Crippen LogP contribution in [-0.4, -0.2) is 37.1 Å². The van der Waals surface area contributed by atoms with Gasteiger partial charge in [-0.25, -0.2) is 0 Å². The lowest BCUT2D eigenvalue weighted by Gasteiger charge is -2.20.